The maximum absolute atomic E-state index is 13.2. The molecule has 0 bridgehead atoms. The van der Waals surface area contributed by atoms with Gasteiger partial charge in [0.25, 0.3) is 0 Å². The molecule has 21 heavy (non-hydrogen) atoms. The van der Waals surface area contributed by atoms with E-state index in [1.807, 2.05) is 0 Å². The molecule has 0 unspecified atom stereocenters. The fourth-order valence-electron chi connectivity index (χ4n) is 1.95. The average molecular weight is 328 g/mol. The van der Waals surface area contributed by atoms with Crippen LogP contribution >= 0.6 is 11.6 Å². The first-order valence-corrected chi connectivity index (χ1v) is 8.13. The molecule has 0 aliphatic heterocycles. The van der Waals surface area contributed by atoms with E-state index in [1.54, 1.807) is 31.2 Å². The van der Waals surface area contributed by atoms with Crippen LogP contribution in [0.25, 0.3) is 0 Å². The van der Waals surface area contributed by atoms with Gasteiger partial charge in [0, 0.05) is 18.1 Å². The van der Waals surface area contributed by atoms with Crippen LogP contribution in [-0.4, -0.2) is 19.8 Å². The second kappa shape index (κ2) is 6.13. The summed E-state index contributed by atoms with van der Waals surface area (Å²) in [6.07, 6.45) is 0. The number of sulfonamides is 1. The van der Waals surface area contributed by atoms with Crippen molar-refractivity contribution in [3.8, 4) is 0 Å². The number of rotatable bonds is 4. The van der Waals surface area contributed by atoms with E-state index >= 15 is 0 Å². The lowest BCUT2D eigenvalue weighted by Gasteiger charge is -2.24. The minimum absolute atomic E-state index is 0.0641. The maximum atomic E-state index is 13.2. The van der Waals surface area contributed by atoms with E-state index in [0.29, 0.717) is 5.02 Å². The lowest BCUT2D eigenvalue weighted by atomic mass is 10.1. The van der Waals surface area contributed by atoms with Crippen molar-refractivity contribution in [1.29, 1.82) is 0 Å². The predicted octanol–water partition coefficient (Wildman–Crippen LogP) is 3.86. The van der Waals surface area contributed by atoms with Gasteiger partial charge >= 0.3 is 0 Å². The van der Waals surface area contributed by atoms with Gasteiger partial charge in [-0.25, -0.2) is 12.8 Å². The van der Waals surface area contributed by atoms with Crippen LogP contribution in [0.5, 0.6) is 0 Å². The summed E-state index contributed by atoms with van der Waals surface area (Å²) in [7, 11) is -2.29. The lowest BCUT2D eigenvalue weighted by molar-refractivity contribution is 0.398. The van der Waals surface area contributed by atoms with Gasteiger partial charge in [0.1, 0.15) is 5.82 Å². The van der Waals surface area contributed by atoms with Crippen molar-refractivity contribution in [2.45, 2.75) is 17.9 Å². The fourth-order valence-corrected chi connectivity index (χ4v) is 3.46. The Kier molecular flexibility index (Phi) is 4.66. The number of hydrogen-bond acceptors (Lipinski definition) is 2. The summed E-state index contributed by atoms with van der Waals surface area (Å²) in [4.78, 5) is -0.0641. The number of benzene rings is 2. The van der Waals surface area contributed by atoms with Gasteiger partial charge in [0.05, 0.1) is 4.90 Å². The normalized spacial score (nSPS) is 13.4. The van der Waals surface area contributed by atoms with E-state index in [4.69, 9.17) is 11.6 Å². The van der Waals surface area contributed by atoms with Crippen molar-refractivity contribution in [2.75, 3.05) is 7.05 Å². The average Bonchev–Trinajstić information content (AvgIpc) is 2.46. The molecule has 0 fully saturated rings. The number of hydrogen-bond donors (Lipinski definition) is 0. The first-order valence-electron chi connectivity index (χ1n) is 6.31. The summed E-state index contributed by atoms with van der Waals surface area (Å²) in [5, 5.41) is 0.585. The molecule has 0 aliphatic carbocycles. The number of nitrogens with zero attached hydrogens (tertiary/aromatic N) is 1. The van der Waals surface area contributed by atoms with Crippen LogP contribution < -0.4 is 0 Å². The van der Waals surface area contributed by atoms with Gasteiger partial charge < -0.3 is 0 Å². The fraction of sp³-hybridized carbons (Fsp3) is 0.200. The molecule has 0 saturated carbocycles. The van der Waals surface area contributed by atoms with Crippen molar-refractivity contribution in [2.24, 2.45) is 0 Å². The Balaban J connectivity index is 2.33. The molecule has 0 amide bonds. The molecule has 3 nitrogen and oxygen atoms in total. The Bertz CT molecular complexity index is 732. The third-order valence-corrected chi connectivity index (χ3v) is 5.55. The third kappa shape index (κ3) is 3.43. The van der Waals surface area contributed by atoms with Crippen molar-refractivity contribution < 1.29 is 12.8 Å². The largest absolute Gasteiger partial charge is 0.243 e. The van der Waals surface area contributed by atoms with Crippen LogP contribution in [0.1, 0.15) is 18.5 Å². The Labute approximate surface area is 129 Å². The molecule has 0 radical (unpaired) electrons. The van der Waals surface area contributed by atoms with E-state index < -0.39 is 21.9 Å². The molecule has 6 heteroatoms. The van der Waals surface area contributed by atoms with Crippen LogP contribution in [0.15, 0.2) is 53.4 Å². The third-order valence-electron chi connectivity index (χ3n) is 3.37. The quantitative estimate of drug-likeness (QED) is 0.855. The van der Waals surface area contributed by atoms with Crippen LogP contribution in [0, 0.1) is 5.82 Å². The lowest BCUT2D eigenvalue weighted by Crippen LogP contribution is -2.29. The molecular weight excluding hydrogens is 313 g/mol. The summed E-state index contributed by atoms with van der Waals surface area (Å²) in [5.41, 5.74) is 0.807. The van der Waals surface area contributed by atoms with E-state index in [9.17, 15) is 12.8 Å². The maximum Gasteiger partial charge on any atom is 0.243 e. The zero-order valence-corrected chi connectivity index (χ0v) is 13.2. The van der Waals surface area contributed by atoms with Gasteiger partial charge in [-0.2, -0.15) is 4.31 Å². The molecule has 0 aliphatic rings. The highest BCUT2D eigenvalue weighted by atomic mass is 35.5. The SMILES string of the molecule is C[C@H](c1ccc(Cl)cc1)N(C)S(=O)(=O)c1cccc(F)c1. The van der Waals surface area contributed by atoms with Crippen LogP contribution in [0.3, 0.4) is 0 Å². The number of halogens is 2. The van der Waals surface area contributed by atoms with Crippen LogP contribution in [-0.2, 0) is 10.0 Å². The molecule has 0 saturated heterocycles. The molecule has 2 rings (SSSR count). The van der Waals surface area contributed by atoms with Crippen molar-refractivity contribution in [3.05, 3.63) is 64.9 Å². The second-order valence-electron chi connectivity index (χ2n) is 4.71. The Morgan fingerprint density at radius 3 is 2.33 bits per heavy atom. The van der Waals surface area contributed by atoms with Gasteiger partial charge in [-0.05, 0) is 42.8 Å². The Hall–Kier alpha value is -1.43. The van der Waals surface area contributed by atoms with Gasteiger partial charge in [-0.15, -0.1) is 0 Å². The summed E-state index contributed by atoms with van der Waals surface area (Å²) in [6.45, 7) is 1.76. The molecule has 0 spiro atoms. The standard InChI is InChI=1S/C15H15ClFNO2S/c1-11(12-6-8-13(16)9-7-12)18(2)21(19,20)15-5-3-4-14(17)10-15/h3-11H,1-2H3/t11-/m1/s1. The zero-order chi connectivity index (χ0) is 15.6. The van der Waals surface area contributed by atoms with Gasteiger partial charge in [-0.1, -0.05) is 29.8 Å². The zero-order valence-electron chi connectivity index (χ0n) is 11.6. The van der Waals surface area contributed by atoms with E-state index in [1.165, 1.54) is 29.6 Å². The highest BCUT2D eigenvalue weighted by Crippen LogP contribution is 2.26. The molecular formula is C15H15ClFNO2S. The second-order valence-corrected chi connectivity index (χ2v) is 7.14. The molecule has 0 aromatic heterocycles. The molecule has 112 valence electrons. The van der Waals surface area contributed by atoms with Crippen molar-refractivity contribution in [1.82, 2.24) is 4.31 Å². The topological polar surface area (TPSA) is 37.4 Å². The van der Waals surface area contributed by atoms with Crippen molar-refractivity contribution in [3.63, 3.8) is 0 Å². The van der Waals surface area contributed by atoms with Gasteiger partial charge in [0.15, 0.2) is 0 Å². The predicted molar refractivity (Wildman–Crippen MR) is 81.2 cm³/mol. The van der Waals surface area contributed by atoms with Gasteiger partial charge in [0.2, 0.25) is 10.0 Å². The van der Waals surface area contributed by atoms with Gasteiger partial charge in [-0.3, -0.25) is 0 Å². The monoisotopic (exact) mass is 327 g/mol. The molecule has 0 N–H and O–H groups in total. The smallest absolute Gasteiger partial charge is 0.207 e. The Morgan fingerprint density at radius 2 is 1.76 bits per heavy atom. The molecule has 2 aromatic rings. The highest BCUT2D eigenvalue weighted by molar-refractivity contribution is 7.89. The summed E-state index contributed by atoms with van der Waals surface area (Å²) in [6, 6.07) is 11.5. The van der Waals surface area contributed by atoms with E-state index in [2.05, 4.69) is 0 Å². The Morgan fingerprint density at radius 1 is 1.14 bits per heavy atom. The highest BCUT2D eigenvalue weighted by Gasteiger charge is 2.26. The van der Waals surface area contributed by atoms with Crippen molar-refractivity contribution >= 4 is 21.6 Å². The first-order chi connectivity index (χ1) is 9.82. The molecule has 0 heterocycles. The molecule has 1 atom stereocenters. The summed E-state index contributed by atoms with van der Waals surface area (Å²) < 4.78 is 39.4. The summed E-state index contributed by atoms with van der Waals surface area (Å²) >= 11 is 5.83. The first kappa shape index (κ1) is 15.9. The van der Waals surface area contributed by atoms with E-state index in [0.717, 1.165) is 11.6 Å². The van der Waals surface area contributed by atoms with Crippen LogP contribution in [0.2, 0.25) is 5.02 Å². The molecule has 2 aromatic carbocycles. The minimum atomic E-state index is -3.76. The van der Waals surface area contributed by atoms with Crippen LogP contribution in [0.4, 0.5) is 4.39 Å². The summed E-state index contributed by atoms with van der Waals surface area (Å²) in [5.74, 6) is -0.580. The van der Waals surface area contributed by atoms with E-state index in [-0.39, 0.29) is 4.90 Å². The minimum Gasteiger partial charge on any atom is -0.207 e.